The normalized spacial score (nSPS) is 44.6. The summed E-state index contributed by atoms with van der Waals surface area (Å²) in [5.41, 5.74) is 1.66. The van der Waals surface area contributed by atoms with E-state index in [2.05, 4.69) is 29.6 Å². The van der Waals surface area contributed by atoms with Crippen LogP contribution in [0.3, 0.4) is 0 Å². The Kier molecular flexibility index (Phi) is 2.25. The SMILES string of the molecule is c1ccc2c(c1)NCC(C13CC4CC(CC(C4)C1)C3)O2. The summed E-state index contributed by atoms with van der Waals surface area (Å²) in [5, 5.41) is 3.61. The van der Waals surface area contributed by atoms with Crippen LogP contribution in [0.15, 0.2) is 24.3 Å². The number of para-hydroxylation sites is 2. The molecule has 2 heteroatoms. The van der Waals surface area contributed by atoms with Gasteiger partial charge in [-0.25, -0.2) is 0 Å². The topological polar surface area (TPSA) is 21.3 Å². The summed E-state index contributed by atoms with van der Waals surface area (Å²) in [4.78, 5) is 0. The maximum Gasteiger partial charge on any atom is 0.142 e. The number of fused-ring (bicyclic) bond motifs is 1. The van der Waals surface area contributed by atoms with Gasteiger partial charge in [0.2, 0.25) is 0 Å². The molecule has 1 atom stereocenters. The van der Waals surface area contributed by atoms with Crippen LogP contribution in [0.25, 0.3) is 0 Å². The fourth-order valence-electron chi connectivity index (χ4n) is 6.03. The molecule has 0 aromatic heterocycles. The predicted molar refractivity (Wildman–Crippen MR) is 80.0 cm³/mol. The van der Waals surface area contributed by atoms with Crippen LogP contribution in [0.2, 0.25) is 0 Å². The van der Waals surface area contributed by atoms with E-state index in [-0.39, 0.29) is 0 Å². The van der Waals surface area contributed by atoms with Crippen LogP contribution < -0.4 is 10.1 Å². The molecule has 0 spiro atoms. The molecule has 20 heavy (non-hydrogen) atoms. The molecule has 5 aliphatic rings. The third-order valence-corrected chi connectivity index (χ3v) is 6.40. The molecule has 0 amide bonds. The fraction of sp³-hybridized carbons (Fsp3) is 0.667. The van der Waals surface area contributed by atoms with Crippen LogP contribution in [0.4, 0.5) is 5.69 Å². The Hall–Kier alpha value is -1.18. The van der Waals surface area contributed by atoms with Crippen molar-refractivity contribution in [3.8, 4) is 5.75 Å². The van der Waals surface area contributed by atoms with E-state index in [1.165, 1.54) is 44.2 Å². The minimum atomic E-state index is 0.394. The first-order chi connectivity index (χ1) is 9.81. The molecule has 1 aliphatic heterocycles. The molecule has 1 aromatic carbocycles. The van der Waals surface area contributed by atoms with E-state index < -0.39 is 0 Å². The molecule has 4 aliphatic carbocycles. The highest BCUT2D eigenvalue weighted by molar-refractivity contribution is 5.57. The molecule has 106 valence electrons. The first-order valence-electron chi connectivity index (χ1n) is 8.30. The second-order valence-electron chi connectivity index (χ2n) is 7.76. The zero-order valence-corrected chi connectivity index (χ0v) is 12.0. The summed E-state index contributed by atoms with van der Waals surface area (Å²) in [6, 6.07) is 8.42. The lowest BCUT2D eigenvalue weighted by Gasteiger charge is -2.59. The molecule has 1 aromatic rings. The molecule has 1 heterocycles. The molecule has 4 fully saturated rings. The van der Waals surface area contributed by atoms with Crippen molar-refractivity contribution in [3.05, 3.63) is 24.3 Å². The van der Waals surface area contributed by atoms with Crippen molar-refractivity contribution in [2.75, 3.05) is 11.9 Å². The van der Waals surface area contributed by atoms with Gasteiger partial charge in [-0.15, -0.1) is 0 Å². The number of hydrogen-bond donors (Lipinski definition) is 1. The minimum Gasteiger partial charge on any atom is -0.486 e. The van der Waals surface area contributed by atoms with Gasteiger partial charge in [-0.2, -0.15) is 0 Å². The summed E-state index contributed by atoms with van der Waals surface area (Å²) in [5.74, 6) is 4.07. The highest BCUT2D eigenvalue weighted by Crippen LogP contribution is 2.62. The van der Waals surface area contributed by atoms with E-state index >= 15 is 0 Å². The summed E-state index contributed by atoms with van der Waals surface area (Å²) >= 11 is 0. The zero-order chi connectivity index (χ0) is 13.2. The Morgan fingerprint density at radius 2 is 1.60 bits per heavy atom. The summed E-state index contributed by atoms with van der Waals surface area (Å²) in [7, 11) is 0. The third kappa shape index (κ3) is 1.57. The average Bonchev–Trinajstić information content (AvgIpc) is 2.45. The van der Waals surface area contributed by atoms with Crippen molar-refractivity contribution in [2.45, 2.75) is 44.6 Å². The first kappa shape index (κ1) is 11.5. The van der Waals surface area contributed by atoms with Gasteiger partial charge in [-0.1, -0.05) is 12.1 Å². The van der Waals surface area contributed by atoms with Crippen LogP contribution in [0.5, 0.6) is 5.75 Å². The van der Waals surface area contributed by atoms with E-state index in [0.717, 1.165) is 30.0 Å². The van der Waals surface area contributed by atoms with E-state index in [1.54, 1.807) is 0 Å². The summed E-state index contributed by atoms with van der Waals surface area (Å²) in [6.45, 7) is 1.00. The molecule has 1 unspecified atom stereocenters. The van der Waals surface area contributed by atoms with E-state index in [0.29, 0.717) is 11.5 Å². The summed E-state index contributed by atoms with van der Waals surface area (Å²) in [6.07, 6.45) is 9.20. The van der Waals surface area contributed by atoms with Crippen molar-refractivity contribution in [1.82, 2.24) is 0 Å². The van der Waals surface area contributed by atoms with Gasteiger partial charge >= 0.3 is 0 Å². The van der Waals surface area contributed by atoms with Gasteiger partial charge in [0, 0.05) is 5.41 Å². The smallest absolute Gasteiger partial charge is 0.142 e. The van der Waals surface area contributed by atoms with Crippen LogP contribution in [0, 0.1) is 23.2 Å². The highest BCUT2D eigenvalue weighted by Gasteiger charge is 2.55. The predicted octanol–water partition coefficient (Wildman–Crippen LogP) is 4.08. The van der Waals surface area contributed by atoms with E-state index in [4.69, 9.17) is 4.74 Å². The largest absolute Gasteiger partial charge is 0.486 e. The van der Waals surface area contributed by atoms with Crippen molar-refractivity contribution in [2.24, 2.45) is 23.2 Å². The number of hydrogen-bond acceptors (Lipinski definition) is 2. The Morgan fingerprint density at radius 3 is 2.30 bits per heavy atom. The van der Waals surface area contributed by atoms with Crippen molar-refractivity contribution in [3.63, 3.8) is 0 Å². The molecule has 2 nitrogen and oxygen atoms in total. The Morgan fingerprint density at radius 1 is 0.950 bits per heavy atom. The minimum absolute atomic E-state index is 0.394. The number of rotatable bonds is 1. The number of ether oxygens (including phenoxy) is 1. The second-order valence-corrected chi connectivity index (χ2v) is 7.76. The lowest BCUT2D eigenvalue weighted by Crippen LogP contribution is -2.56. The highest BCUT2D eigenvalue weighted by atomic mass is 16.5. The van der Waals surface area contributed by atoms with Crippen LogP contribution in [-0.2, 0) is 0 Å². The molecular weight excluding hydrogens is 246 g/mol. The van der Waals surface area contributed by atoms with Gasteiger partial charge in [0.25, 0.3) is 0 Å². The zero-order valence-electron chi connectivity index (χ0n) is 12.0. The van der Waals surface area contributed by atoms with E-state index in [9.17, 15) is 0 Å². The third-order valence-electron chi connectivity index (χ3n) is 6.40. The molecule has 4 bridgehead atoms. The molecule has 0 saturated heterocycles. The van der Waals surface area contributed by atoms with Crippen molar-refractivity contribution >= 4 is 5.69 Å². The van der Waals surface area contributed by atoms with Gasteiger partial charge in [0.05, 0.1) is 12.2 Å². The quantitative estimate of drug-likeness (QED) is 0.829. The Bertz CT molecular complexity index is 503. The van der Waals surface area contributed by atoms with Gasteiger partial charge in [0.1, 0.15) is 11.9 Å². The molecule has 6 rings (SSSR count). The monoisotopic (exact) mass is 269 g/mol. The number of benzene rings is 1. The van der Waals surface area contributed by atoms with Gasteiger partial charge in [-0.3, -0.25) is 0 Å². The van der Waals surface area contributed by atoms with E-state index in [1.807, 2.05) is 0 Å². The molecule has 1 N–H and O–H groups in total. The first-order valence-corrected chi connectivity index (χ1v) is 8.30. The van der Waals surface area contributed by atoms with Gasteiger partial charge < -0.3 is 10.1 Å². The van der Waals surface area contributed by atoms with Crippen molar-refractivity contribution in [1.29, 1.82) is 0 Å². The molecular formula is C18H23NO. The van der Waals surface area contributed by atoms with Crippen LogP contribution >= 0.6 is 0 Å². The maximum absolute atomic E-state index is 6.45. The number of anilines is 1. The Labute approximate surface area is 120 Å². The second kappa shape index (κ2) is 3.93. The lowest BCUT2D eigenvalue weighted by atomic mass is 9.48. The summed E-state index contributed by atoms with van der Waals surface area (Å²) < 4.78 is 6.45. The van der Waals surface area contributed by atoms with Crippen molar-refractivity contribution < 1.29 is 4.74 Å². The maximum atomic E-state index is 6.45. The molecule has 4 saturated carbocycles. The average molecular weight is 269 g/mol. The van der Waals surface area contributed by atoms with Crippen LogP contribution in [0.1, 0.15) is 38.5 Å². The fourth-order valence-corrected chi connectivity index (χ4v) is 6.03. The van der Waals surface area contributed by atoms with Gasteiger partial charge in [0.15, 0.2) is 0 Å². The van der Waals surface area contributed by atoms with Gasteiger partial charge in [-0.05, 0) is 68.4 Å². The Balaban J connectivity index is 1.46. The lowest BCUT2D eigenvalue weighted by molar-refractivity contribution is -0.108. The number of nitrogens with one attached hydrogen (secondary N) is 1. The molecule has 0 radical (unpaired) electrons. The standard InChI is InChI=1S/C18H23NO/c1-2-4-16-15(3-1)19-11-17(20-16)18-8-12-5-13(9-18)7-14(6-12)10-18/h1-4,12-14,17,19H,5-11H2. The van der Waals surface area contributed by atoms with Crippen LogP contribution in [-0.4, -0.2) is 12.6 Å².